The SMILES string of the molecule is CCOC1(c2noc(C3(C)CCCN3)n2)CCCCCC1. The molecule has 2 aliphatic rings. The van der Waals surface area contributed by atoms with Gasteiger partial charge in [0.15, 0.2) is 0 Å². The fourth-order valence-corrected chi connectivity index (χ4v) is 3.72. The third kappa shape index (κ3) is 2.86. The number of hydrogen-bond donors (Lipinski definition) is 1. The summed E-state index contributed by atoms with van der Waals surface area (Å²) < 4.78 is 11.8. The fraction of sp³-hybridized carbons (Fsp3) is 0.875. The van der Waals surface area contributed by atoms with Gasteiger partial charge in [0.25, 0.3) is 0 Å². The van der Waals surface area contributed by atoms with Gasteiger partial charge in [0.1, 0.15) is 5.60 Å². The van der Waals surface area contributed by atoms with Gasteiger partial charge in [-0.2, -0.15) is 4.98 Å². The molecule has 0 spiro atoms. The maximum atomic E-state index is 6.14. The molecule has 0 bridgehead atoms. The molecular formula is C16H27N3O2. The van der Waals surface area contributed by atoms with E-state index in [1.165, 1.54) is 25.7 Å². The van der Waals surface area contributed by atoms with Crippen molar-refractivity contribution in [2.75, 3.05) is 13.2 Å². The average molecular weight is 293 g/mol. The van der Waals surface area contributed by atoms with E-state index in [-0.39, 0.29) is 11.1 Å². The Labute approximate surface area is 126 Å². The monoisotopic (exact) mass is 293 g/mol. The summed E-state index contributed by atoms with van der Waals surface area (Å²) in [6.07, 6.45) is 9.13. The van der Waals surface area contributed by atoms with Crippen LogP contribution in [0.5, 0.6) is 0 Å². The maximum absolute atomic E-state index is 6.14. The summed E-state index contributed by atoms with van der Waals surface area (Å²) in [5.41, 5.74) is -0.495. The molecule has 1 unspecified atom stereocenters. The van der Waals surface area contributed by atoms with Crippen molar-refractivity contribution < 1.29 is 9.26 Å². The Balaban J connectivity index is 1.87. The normalized spacial score (nSPS) is 29.4. The predicted molar refractivity (Wildman–Crippen MR) is 79.9 cm³/mol. The van der Waals surface area contributed by atoms with Crippen LogP contribution in [0.3, 0.4) is 0 Å². The van der Waals surface area contributed by atoms with Crippen LogP contribution in [-0.2, 0) is 15.9 Å². The molecule has 118 valence electrons. The molecule has 1 N–H and O–H groups in total. The van der Waals surface area contributed by atoms with E-state index in [2.05, 4.69) is 17.4 Å². The Kier molecular flexibility index (Phi) is 4.31. The van der Waals surface area contributed by atoms with Crippen LogP contribution in [0.1, 0.15) is 76.9 Å². The van der Waals surface area contributed by atoms with Crippen molar-refractivity contribution in [3.05, 3.63) is 11.7 Å². The zero-order valence-corrected chi connectivity index (χ0v) is 13.3. The van der Waals surface area contributed by atoms with Crippen LogP contribution < -0.4 is 5.32 Å². The minimum atomic E-state index is -0.331. The molecular weight excluding hydrogens is 266 g/mol. The topological polar surface area (TPSA) is 60.2 Å². The summed E-state index contributed by atoms with van der Waals surface area (Å²) in [6, 6.07) is 0. The molecule has 0 aromatic carbocycles. The first-order valence-electron chi connectivity index (χ1n) is 8.42. The van der Waals surface area contributed by atoms with Gasteiger partial charge in [-0.25, -0.2) is 0 Å². The van der Waals surface area contributed by atoms with Crippen LogP contribution in [0, 0.1) is 0 Å². The molecule has 5 heteroatoms. The zero-order valence-electron chi connectivity index (χ0n) is 13.3. The van der Waals surface area contributed by atoms with Crippen molar-refractivity contribution in [3.63, 3.8) is 0 Å². The van der Waals surface area contributed by atoms with Gasteiger partial charge in [-0.15, -0.1) is 0 Å². The third-order valence-electron chi connectivity index (χ3n) is 5.01. The lowest BCUT2D eigenvalue weighted by Gasteiger charge is -2.29. The third-order valence-corrected chi connectivity index (χ3v) is 5.01. The molecule has 1 saturated heterocycles. The van der Waals surface area contributed by atoms with Crippen molar-refractivity contribution in [1.82, 2.24) is 15.5 Å². The van der Waals surface area contributed by atoms with E-state index in [9.17, 15) is 0 Å². The standard InChI is InChI=1S/C16H27N3O2/c1-3-20-16(10-6-4-5-7-11-16)13-18-14(21-19-13)15(2)9-8-12-17-15/h17H,3-12H2,1-2H3. The number of aromatic nitrogens is 2. The molecule has 3 rings (SSSR count). The number of hydrogen-bond acceptors (Lipinski definition) is 5. The molecule has 1 aromatic rings. The second kappa shape index (κ2) is 6.05. The van der Waals surface area contributed by atoms with Gasteiger partial charge in [0.2, 0.25) is 11.7 Å². The van der Waals surface area contributed by atoms with Gasteiger partial charge in [0.05, 0.1) is 5.54 Å². The average Bonchev–Trinajstić information content (AvgIpc) is 3.07. The molecule has 1 saturated carbocycles. The van der Waals surface area contributed by atoms with Gasteiger partial charge in [-0.05, 0) is 46.1 Å². The molecule has 1 aromatic heterocycles. The van der Waals surface area contributed by atoms with E-state index in [0.717, 1.165) is 43.9 Å². The minimum absolute atomic E-state index is 0.163. The molecule has 2 fully saturated rings. The smallest absolute Gasteiger partial charge is 0.246 e. The van der Waals surface area contributed by atoms with Crippen LogP contribution in [-0.4, -0.2) is 23.3 Å². The molecule has 1 aliphatic carbocycles. The van der Waals surface area contributed by atoms with Crippen LogP contribution in [0.4, 0.5) is 0 Å². The summed E-state index contributed by atoms with van der Waals surface area (Å²) in [7, 11) is 0. The Hall–Kier alpha value is -0.940. The highest BCUT2D eigenvalue weighted by atomic mass is 16.5. The van der Waals surface area contributed by atoms with E-state index in [1.54, 1.807) is 0 Å². The highest BCUT2D eigenvalue weighted by Crippen LogP contribution is 2.39. The van der Waals surface area contributed by atoms with Gasteiger partial charge >= 0.3 is 0 Å². The quantitative estimate of drug-likeness (QED) is 0.863. The van der Waals surface area contributed by atoms with E-state index in [4.69, 9.17) is 14.2 Å². The molecule has 1 atom stereocenters. The van der Waals surface area contributed by atoms with Crippen molar-refractivity contribution in [2.24, 2.45) is 0 Å². The molecule has 0 radical (unpaired) electrons. The van der Waals surface area contributed by atoms with E-state index in [1.807, 2.05) is 6.92 Å². The summed E-state index contributed by atoms with van der Waals surface area (Å²) in [6.45, 7) is 5.91. The highest BCUT2D eigenvalue weighted by Gasteiger charge is 2.41. The van der Waals surface area contributed by atoms with Crippen molar-refractivity contribution in [2.45, 2.75) is 76.4 Å². The van der Waals surface area contributed by atoms with E-state index >= 15 is 0 Å². The van der Waals surface area contributed by atoms with Crippen LogP contribution in [0.15, 0.2) is 4.52 Å². The Morgan fingerprint density at radius 2 is 1.90 bits per heavy atom. The van der Waals surface area contributed by atoms with Crippen LogP contribution in [0.25, 0.3) is 0 Å². The molecule has 0 amide bonds. The molecule has 1 aliphatic heterocycles. The highest BCUT2D eigenvalue weighted by molar-refractivity contribution is 5.09. The largest absolute Gasteiger partial charge is 0.367 e. The maximum Gasteiger partial charge on any atom is 0.246 e. The Morgan fingerprint density at radius 1 is 1.14 bits per heavy atom. The summed E-state index contributed by atoms with van der Waals surface area (Å²) in [4.78, 5) is 4.75. The second-order valence-corrected chi connectivity index (χ2v) is 6.63. The number of nitrogens with zero attached hydrogens (tertiary/aromatic N) is 2. The molecule has 5 nitrogen and oxygen atoms in total. The summed E-state index contributed by atoms with van der Waals surface area (Å²) in [5.74, 6) is 1.48. The lowest BCUT2D eigenvalue weighted by atomic mass is 9.93. The predicted octanol–water partition coefficient (Wildman–Crippen LogP) is 3.25. The van der Waals surface area contributed by atoms with E-state index in [0.29, 0.717) is 6.61 Å². The van der Waals surface area contributed by atoms with E-state index < -0.39 is 0 Å². The van der Waals surface area contributed by atoms with Gasteiger partial charge < -0.3 is 14.6 Å². The lowest BCUT2D eigenvalue weighted by molar-refractivity contribution is -0.0636. The summed E-state index contributed by atoms with van der Waals surface area (Å²) >= 11 is 0. The molecule has 21 heavy (non-hydrogen) atoms. The van der Waals surface area contributed by atoms with Gasteiger partial charge in [-0.1, -0.05) is 30.8 Å². The zero-order chi connectivity index (χ0) is 14.8. The summed E-state index contributed by atoms with van der Waals surface area (Å²) in [5, 5.41) is 7.80. The second-order valence-electron chi connectivity index (χ2n) is 6.63. The van der Waals surface area contributed by atoms with Crippen molar-refractivity contribution in [3.8, 4) is 0 Å². The first-order chi connectivity index (χ1) is 10.2. The number of ether oxygens (including phenoxy) is 1. The Bertz CT molecular complexity index is 458. The van der Waals surface area contributed by atoms with Gasteiger partial charge in [0, 0.05) is 6.61 Å². The number of rotatable bonds is 4. The molecule has 2 heterocycles. The van der Waals surface area contributed by atoms with Gasteiger partial charge in [-0.3, -0.25) is 0 Å². The number of nitrogens with one attached hydrogen (secondary N) is 1. The first kappa shape index (κ1) is 15.0. The lowest BCUT2D eigenvalue weighted by Crippen LogP contribution is -2.34. The Morgan fingerprint density at radius 3 is 2.52 bits per heavy atom. The van der Waals surface area contributed by atoms with Crippen molar-refractivity contribution in [1.29, 1.82) is 0 Å². The van der Waals surface area contributed by atoms with Crippen LogP contribution >= 0.6 is 0 Å². The fourth-order valence-electron chi connectivity index (χ4n) is 3.72. The van der Waals surface area contributed by atoms with Crippen LogP contribution in [0.2, 0.25) is 0 Å². The first-order valence-corrected chi connectivity index (χ1v) is 8.42. The minimum Gasteiger partial charge on any atom is -0.367 e. The van der Waals surface area contributed by atoms with Crippen molar-refractivity contribution >= 4 is 0 Å².